The Balaban J connectivity index is 1.42. The minimum Gasteiger partial charge on any atom is -0.394 e. The fourth-order valence-electron chi connectivity index (χ4n) is 11.3. The molecule has 0 saturated carbocycles. The van der Waals surface area contributed by atoms with Crippen LogP contribution in [0.15, 0.2) is 109 Å². The molecule has 3 rings (SSSR count). The van der Waals surface area contributed by atoms with E-state index in [9.17, 15) is 61.0 Å². The van der Waals surface area contributed by atoms with Crippen molar-refractivity contribution in [2.75, 3.05) is 26.4 Å². The molecular formula is C74H125NO18. The van der Waals surface area contributed by atoms with Gasteiger partial charge in [-0.15, -0.1) is 0 Å². The summed E-state index contributed by atoms with van der Waals surface area (Å²) in [6.45, 7) is 1.60. The number of ether oxygens (including phenoxy) is 6. The van der Waals surface area contributed by atoms with E-state index in [1.807, 2.05) is 6.08 Å². The number of amides is 1. The number of aliphatic hydroxyl groups excluding tert-OH is 11. The summed E-state index contributed by atoms with van der Waals surface area (Å²) in [5.41, 5.74) is 0. The van der Waals surface area contributed by atoms with E-state index in [1.54, 1.807) is 6.08 Å². The number of unbranched alkanes of at least 4 members (excludes halogenated alkanes) is 21. The number of aliphatic hydroxyl groups is 11. The van der Waals surface area contributed by atoms with E-state index in [-0.39, 0.29) is 18.9 Å². The smallest absolute Gasteiger partial charge is 0.220 e. The van der Waals surface area contributed by atoms with Gasteiger partial charge < -0.3 is 89.9 Å². The van der Waals surface area contributed by atoms with Gasteiger partial charge in [0.05, 0.1) is 38.6 Å². The quantitative estimate of drug-likeness (QED) is 0.0199. The second kappa shape index (κ2) is 54.5. The predicted octanol–water partition coefficient (Wildman–Crippen LogP) is 9.83. The van der Waals surface area contributed by atoms with Crippen molar-refractivity contribution in [3.63, 3.8) is 0 Å². The molecule has 12 N–H and O–H groups in total. The molecule has 0 aromatic rings. The predicted molar refractivity (Wildman–Crippen MR) is 364 cm³/mol. The number of nitrogens with one attached hydrogen (secondary N) is 1. The zero-order valence-electron chi connectivity index (χ0n) is 56.4. The van der Waals surface area contributed by atoms with Gasteiger partial charge in [0.25, 0.3) is 0 Å². The van der Waals surface area contributed by atoms with Crippen molar-refractivity contribution in [3.05, 3.63) is 109 Å². The summed E-state index contributed by atoms with van der Waals surface area (Å²) in [6, 6.07) is -0.990. The first-order valence-corrected chi connectivity index (χ1v) is 35.6. The third kappa shape index (κ3) is 36.0. The zero-order chi connectivity index (χ0) is 67.5. The van der Waals surface area contributed by atoms with Crippen LogP contribution in [0.25, 0.3) is 0 Å². The maximum Gasteiger partial charge on any atom is 0.220 e. The summed E-state index contributed by atoms with van der Waals surface area (Å²) in [5.74, 6) is -0.294. The van der Waals surface area contributed by atoms with Crippen molar-refractivity contribution in [3.8, 4) is 0 Å². The van der Waals surface area contributed by atoms with Crippen molar-refractivity contribution >= 4 is 5.91 Å². The van der Waals surface area contributed by atoms with Crippen molar-refractivity contribution in [1.29, 1.82) is 0 Å². The number of hydrogen-bond acceptors (Lipinski definition) is 18. The molecular weight excluding hydrogens is 1190 g/mol. The maximum absolute atomic E-state index is 13.4. The summed E-state index contributed by atoms with van der Waals surface area (Å²) in [7, 11) is 0. The minimum absolute atomic E-state index is 0.219. The minimum atomic E-state index is -1.98. The highest BCUT2D eigenvalue weighted by molar-refractivity contribution is 5.76. The highest BCUT2D eigenvalue weighted by atomic mass is 16.8. The average Bonchev–Trinajstić information content (AvgIpc) is 0.900. The van der Waals surface area contributed by atoms with Crippen LogP contribution >= 0.6 is 0 Å². The lowest BCUT2D eigenvalue weighted by atomic mass is 9.96. The van der Waals surface area contributed by atoms with Crippen molar-refractivity contribution < 1.29 is 89.4 Å². The highest BCUT2D eigenvalue weighted by Gasteiger charge is 2.53. The Bertz CT molecular complexity index is 2110. The topological polar surface area (TPSA) is 307 Å². The van der Waals surface area contributed by atoms with E-state index in [0.29, 0.717) is 6.42 Å². The van der Waals surface area contributed by atoms with E-state index in [2.05, 4.69) is 116 Å². The number of rotatable bonds is 53. The summed E-state index contributed by atoms with van der Waals surface area (Å²) >= 11 is 0. The molecule has 0 aromatic heterocycles. The molecule has 0 spiro atoms. The third-order valence-electron chi connectivity index (χ3n) is 17.1. The van der Waals surface area contributed by atoms with Crippen LogP contribution < -0.4 is 5.32 Å². The number of allylic oxidation sites excluding steroid dienone is 17. The van der Waals surface area contributed by atoms with Gasteiger partial charge in [0, 0.05) is 6.42 Å². The fourth-order valence-corrected chi connectivity index (χ4v) is 11.3. The number of hydrogen-bond donors (Lipinski definition) is 12. The van der Waals surface area contributed by atoms with Gasteiger partial charge in [0.2, 0.25) is 5.91 Å². The Morgan fingerprint density at radius 1 is 0.398 bits per heavy atom. The molecule has 534 valence electrons. The molecule has 3 aliphatic rings. The number of carbonyl (C=O) groups excluding carboxylic acids is 1. The molecule has 0 aromatic carbocycles. The van der Waals surface area contributed by atoms with Gasteiger partial charge in [0.1, 0.15) is 73.2 Å². The molecule has 93 heavy (non-hydrogen) atoms. The summed E-state index contributed by atoms with van der Waals surface area (Å²) < 4.78 is 34.3. The maximum atomic E-state index is 13.4. The van der Waals surface area contributed by atoms with Gasteiger partial charge in [-0.1, -0.05) is 239 Å². The Morgan fingerprint density at radius 3 is 1.16 bits per heavy atom. The molecule has 0 radical (unpaired) electrons. The zero-order valence-corrected chi connectivity index (χ0v) is 56.4. The van der Waals surface area contributed by atoms with E-state index in [0.717, 1.165) is 116 Å². The molecule has 3 heterocycles. The molecule has 19 heteroatoms. The second-order valence-corrected chi connectivity index (χ2v) is 25.0. The van der Waals surface area contributed by atoms with Crippen LogP contribution in [-0.4, -0.2) is 193 Å². The van der Waals surface area contributed by atoms with Gasteiger partial charge in [0.15, 0.2) is 18.9 Å². The van der Waals surface area contributed by atoms with Gasteiger partial charge in [-0.3, -0.25) is 4.79 Å². The summed E-state index contributed by atoms with van der Waals surface area (Å²) in [6.07, 6.45) is 46.2. The largest absolute Gasteiger partial charge is 0.394 e. The van der Waals surface area contributed by atoms with Crippen molar-refractivity contribution in [1.82, 2.24) is 5.32 Å². The van der Waals surface area contributed by atoms with Crippen LogP contribution in [0.4, 0.5) is 0 Å². The van der Waals surface area contributed by atoms with Crippen molar-refractivity contribution in [2.45, 2.75) is 324 Å². The monoisotopic (exact) mass is 1320 g/mol. The van der Waals surface area contributed by atoms with Gasteiger partial charge in [-0.25, -0.2) is 0 Å². The number of carbonyl (C=O) groups is 1. The Morgan fingerprint density at radius 2 is 0.742 bits per heavy atom. The lowest BCUT2D eigenvalue weighted by molar-refractivity contribution is -0.379. The van der Waals surface area contributed by atoms with Crippen LogP contribution in [0.1, 0.15) is 219 Å². The fraction of sp³-hybridized carbons (Fsp3) is 0.743. The normalized spacial score (nSPS) is 28.2. The lowest BCUT2D eigenvalue weighted by Crippen LogP contribution is -2.66. The molecule has 3 saturated heterocycles. The van der Waals surface area contributed by atoms with Crippen LogP contribution in [0.2, 0.25) is 0 Å². The molecule has 3 aliphatic heterocycles. The Kier molecular flexibility index (Phi) is 49.0. The van der Waals surface area contributed by atoms with E-state index < -0.39 is 124 Å². The summed E-state index contributed by atoms with van der Waals surface area (Å²) in [5, 5.41) is 121. The Labute approximate surface area is 557 Å². The highest BCUT2D eigenvalue weighted by Crippen LogP contribution is 2.33. The lowest BCUT2D eigenvalue weighted by Gasteiger charge is -2.48. The summed E-state index contributed by atoms with van der Waals surface area (Å²) in [4.78, 5) is 13.4. The second-order valence-electron chi connectivity index (χ2n) is 25.0. The van der Waals surface area contributed by atoms with Crippen molar-refractivity contribution in [2.24, 2.45) is 0 Å². The molecule has 3 fully saturated rings. The molecule has 17 atom stereocenters. The molecule has 0 aliphatic carbocycles. The first-order chi connectivity index (χ1) is 45.3. The van der Waals surface area contributed by atoms with Crippen LogP contribution in [0.5, 0.6) is 0 Å². The average molecular weight is 1320 g/mol. The van der Waals surface area contributed by atoms with Crippen LogP contribution in [0.3, 0.4) is 0 Å². The van der Waals surface area contributed by atoms with E-state index >= 15 is 0 Å². The molecule has 1 amide bonds. The molecule has 17 unspecified atom stereocenters. The van der Waals surface area contributed by atoms with E-state index in [1.165, 1.54) is 77.0 Å². The SMILES string of the molecule is CC/C=C\C/C=C\C/C=C\C/C=C\C/C=C\C/C=C\C/C=C\C/C=C\CCCCCCCCC(=O)NC(COC1OC(CO)C(OC2OC(CO)C(OC3OC(CO)C(O)C(O)C3O)C(O)C2O)C(O)C1O)C(O)/C=C/CCCCCCCCCCCCCCCCC. The molecule has 19 nitrogen and oxygen atoms in total. The standard InChI is InChI=1S/C74H125NO18/c1-3-5-7-9-11-13-15-17-19-21-22-23-24-25-26-27-28-29-30-31-32-33-34-36-38-40-42-44-46-48-50-52-62(80)75-57(58(79)51-49-47-45-43-41-39-37-35-20-18-16-14-12-10-8-6-4-2)56-88-72-68(86)65(83)70(60(54-77)90-72)93-74-69(87)66(84)71(61(55-78)91-74)92-73-67(85)64(82)63(81)59(53-76)89-73/h5,7,11,13,17,19,22-23,25-26,28-29,31-32,34,36,49,51,57-61,63-74,76-79,81-87H,3-4,6,8-10,12,14-16,18,20-21,24,27,30,33,35,37-48,50,52-56H2,1-2H3,(H,75,80)/b7-5-,13-11-,19-17-,23-22-,26-25-,29-28-,32-31-,36-34-,51-49+. The molecule has 0 bridgehead atoms. The Hall–Kier alpha value is -3.55. The third-order valence-corrected chi connectivity index (χ3v) is 17.1. The van der Waals surface area contributed by atoms with Gasteiger partial charge >= 0.3 is 0 Å². The van der Waals surface area contributed by atoms with Gasteiger partial charge in [-0.05, 0) is 83.5 Å². The van der Waals surface area contributed by atoms with Crippen LogP contribution in [-0.2, 0) is 33.2 Å². The van der Waals surface area contributed by atoms with Crippen LogP contribution in [0, 0.1) is 0 Å². The first-order valence-electron chi connectivity index (χ1n) is 35.6. The first kappa shape index (κ1) is 83.7. The van der Waals surface area contributed by atoms with Gasteiger partial charge in [-0.2, -0.15) is 0 Å². The van der Waals surface area contributed by atoms with E-state index in [4.69, 9.17) is 28.4 Å².